The van der Waals surface area contributed by atoms with Crippen LogP contribution in [0.2, 0.25) is 0 Å². The quantitative estimate of drug-likeness (QED) is 0.938. The van der Waals surface area contributed by atoms with Gasteiger partial charge in [0.25, 0.3) is 5.56 Å². The number of aromatic amines is 1. The molecule has 1 aliphatic carbocycles. The van der Waals surface area contributed by atoms with E-state index < -0.39 is 0 Å². The van der Waals surface area contributed by atoms with Crippen LogP contribution >= 0.6 is 11.8 Å². The van der Waals surface area contributed by atoms with Gasteiger partial charge in [-0.1, -0.05) is 12.1 Å². The molecule has 1 aliphatic rings. The van der Waals surface area contributed by atoms with E-state index in [9.17, 15) is 4.79 Å². The summed E-state index contributed by atoms with van der Waals surface area (Å²) in [6, 6.07) is 5.73. The molecule has 4 nitrogen and oxygen atoms in total. The minimum absolute atomic E-state index is 0.0348. The van der Waals surface area contributed by atoms with Crippen molar-refractivity contribution in [3.8, 4) is 0 Å². The van der Waals surface area contributed by atoms with Crippen molar-refractivity contribution < 1.29 is 4.74 Å². The van der Waals surface area contributed by atoms with Crippen molar-refractivity contribution in [2.45, 2.75) is 49.7 Å². The van der Waals surface area contributed by atoms with Gasteiger partial charge in [0.2, 0.25) is 0 Å². The Kier molecular flexibility index (Phi) is 4.84. The first-order chi connectivity index (χ1) is 10.7. The maximum atomic E-state index is 12.2. The van der Waals surface area contributed by atoms with Crippen molar-refractivity contribution in [2.75, 3.05) is 7.11 Å². The molecule has 0 radical (unpaired) electrons. The van der Waals surface area contributed by atoms with Gasteiger partial charge in [-0.25, -0.2) is 4.98 Å². The van der Waals surface area contributed by atoms with Crippen LogP contribution in [0.4, 0.5) is 0 Å². The Morgan fingerprint density at radius 2 is 2.09 bits per heavy atom. The van der Waals surface area contributed by atoms with E-state index in [-0.39, 0.29) is 5.56 Å². The smallest absolute Gasteiger partial charge is 0.258 e. The van der Waals surface area contributed by atoms with Crippen LogP contribution in [-0.4, -0.2) is 28.4 Å². The third-order valence-electron chi connectivity index (χ3n) is 4.40. The summed E-state index contributed by atoms with van der Waals surface area (Å²) in [5, 5.41) is 1.32. The highest BCUT2D eigenvalue weighted by Crippen LogP contribution is 2.31. The highest BCUT2D eigenvalue weighted by atomic mass is 32.2. The number of ether oxygens (including phenoxy) is 1. The standard InChI is InChI=1S/C17H22N2O2S/c1-11-4-3-5-14-16(11)18-15(19-17(14)20)10-22-13-8-6-12(21-2)7-9-13/h3-5,12-13H,6-10H2,1-2H3,(H,18,19,20)/t12-,13+. The van der Waals surface area contributed by atoms with Crippen LogP contribution in [-0.2, 0) is 10.5 Å². The summed E-state index contributed by atoms with van der Waals surface area (Å²) in [6.45, 7) is 2.00. The molecule has 0 spiro atoms. The van der Waals surface area contributed by atoms with Gasteiger partial charge in [-0.3, -0.25) is 4.79 Å². The summed E-state index contributed by atoms with van der Waals surface area (Å²) in [7, 11) is 1.80. The van der Waals surface area contributed by atoms with Crippen LogP contribution in [0.5, 0.6) is 0 Å². The fourth-order valence-electron chi connectivity index (χ4n) is 3.05. The molecule has 118 valence electrons. The Hall–Kier alpha value is -1.33. The first kappa shape index (κ1) is 15.6. The van der Waals surface area contributed by atoms with Crippen molar-refractivity contribution in [1.82, 2.24) is 9.97 Å². The molecule has 0 bridgehead atoms. The highest BCUT2D eigenvalue weighted by Gasteiger charge is 2.21. The monoisotopic (exact) mass is 318 g/mol. The summed E-state index contributed by atoms with van der Waals surface area (Å²) >= 11 is 1.90. The molecule has 3 rings (SSSR count). The minimum atomic E-state index is -0.0348. The van der Waals surface area contributed by atoms with Gasteiger partial charge >= 0.3 is 0 Å². The molecule has 0 aliphatic heterocycles. The zero-order valence-electron chi connectivity index (χ0n) is 13.1. The average Bonchev–Trinajstić information content (AvgIpc) is 2.54. The fourth-order valence-corrected chi connectivity index (χ4v) is 4.19. The Balaban J connectivity index is 1.70. The van der Waals surface area contributed by atoms with Crippen LogP contribution in [0.1, 0.15) is 37.1 Å². The number of para-hydroxylation sites is 1. The fraction of sp³-hybridized carbons (Fsp3) is 0.529. The molecule has 5 heteroatoms. The number of aryl methyl sites for hydroxylation is 1. The van der Waals surface area contributed by atoms with Gasteiger partial charge in [0.05, 0.1) is 22.8 Å². The molecule has 1 aromatic heterocycles. The third-order valence-corrected chi connectivity index (χ3v) is 5.78. The first-order valence-corrected chi connectivity index (χ1v) is 8.85. The van der Waals surface area contributed by atoms with Gasteiger partial charge in [-0.15, -0.1) is 0 Å². The molecule has 1 N–H and O–H groups in total. The normalized spacial score (nSPS) is 22.1. The van der Waals surface area contributed by atoms with Crippen LogP contribution in [0, 0.1) is 6.92 Å². The Morgan fingerprint density at radius 3 is 2.82 bits per heavy atom. The molecule has 0 saturated heterocycles. The molecule has 1 heterocycles. The van der Waals surface area contributed by atoms with Crippen molar-refractivity contribution in [1.29, 1.82) is 0 Å². The second kappa shape index (κ2) is 6.84. The van der Waals surface area contributed by atoms with Crippen molar-refractivity contribution in [2.24, 2.45) is 0 Å². The number of hydrogen-bond acceptors (Lipinski definition) is 4. The van der Waals surface area contributed by atoms with E-state index >= 15 is 0 Å². The van der Waals surface area contributed by atoms with Crippen molar-refractivity contribution >= 4 is 22.7 Å². The van der Waals surface area contributed by atoms with Gasteiger partial charge in [0, 0.05) is 12.4 Å². The number of benzene rings is 1. The van der Waals surface area contributed by atoms with Gasteiger partial charge in [0.15, 0.2) is 0 Å². The number of hydrogen-bond donors (Lipinski definition) is 1. The highest BCUT2D eigenvalue weighted by molar-refractivity contribution is 7.99. The Morgan fingerprint density at radius 1 is 1.32 bits per heavy atom. The Labute approximate surface area is 134 Å². The van der Waals surface area contributed by atoms with E-state index in [1.54, 1.807) is 7.11 Å². The number of methoxy groups -OCH3 is 1. The molecule has 2 aromatic rings. The number of nitrogens with one attached hydrogen (secondary N) is 1. The van der Waals surface area contributed by atoms with Crippen LogP contribution < -0.4 is 5.56 Å². The largest absolute Gasteiger partial charge is 0.381 e. The maximum absolute atomic E-state index is 12.2. The summed E-state index contributed by atoms with van der Waals surface area (Å²) in [4.78, 5) is 19.7. The zero-order chi connectivity index (χ0) is 15.5. The molecular formula is C17H22N2O2S. The topological polar surface area (TPSA) is 55.0 Å². The van der Waals surface area contributed by atoms with E-state index in [4.69, 9.17) is 4.74 Å². The lowest BCUT2D eigenvalue weighted by Gasteiger charge is -2.26. The molecule has 22 heavy (non-hydrogen) atoms. The van der Waals surface area contributed by atoms with Gasteiger partial charge in [-0.05, 0) is 44.2 Å². The molecule has 0 atom stereocenters. The van der Waals surface area contributed by atoms with E-state index in [1.165, 1.54) is 12.8 Å². The Bertz CT molecular complexity index is 705. The van der Waals surface area contributed by atoms with Crippen molar-refractivity contribution in [3.05, 3.63) is 39.9 Å². The van der Waals surface area contributed by atoms with Gasteiger partial charge in [0.1, 0.15) is 5.82 Å². The predicted octanol–water partition coefficient (Wildman–Crippen LogP) is 3.42. The zero-order valence-corrected chi connectivity index (χ0v) is 13.9. The van der Waals surface area contributed by atoms with Crippen LogP contribution in [0.15, 0.2) is 23.0 Å². The van der Waals surface area contributed by atoms with Gasteiger partial charge in [-0.2, -0.15) is 11.8 Å². The number of aromatic nitrogens is 2. The minimum Gasteiger partial charge on any atom is -0.381 e. The lowest BCUT2D eigenvalue weighted by atomic mass is 9.97. The number of thioether (sulfide) groups is 1. The molecule has 0 amide bonds. The van der Waals surface area contributed by atoms with E-state index in [0.717, 1.165) is 35.5 Å². The number of H-pyrrole nitrogens is 1. The second-order valence-electron chi connectivity index (χ2n) is 5.93. The van der Waals surface area contributed by atoms with E-state index in [1.807, 2.05) is 36.9 Å². The van der Waals surface area contributed by atoms with E-state index in [2.05, 4.69) is 9.97 Å². The van der Waals surface area contributed by atoms with Gasteiger partial charge < -0.3 is 9.72 Å². The number of fused-ring (bicyclic) bond motifs is 1. The summed E-state index contributed by atoms with van der Waals surface area (Å²) in [5.41, 5.74) is 1.84. The van der Waals surface area contributed by atoms with Crippen LogP contribution in [0.25, 0.3) is 10.9 Å². The molecule has 1 fully saturated rings. The summed E-state index contributed by atoms with van der Waals surface area (Å²) in [5.74, 6) is 1.55. The third kappa shape index (κ3) is 3.36. The van der Waals surface area contributed by atoms with Crippen molar-refractivity contribution in [3.63, 3.8) is 0 Å². The first-order valence-electron chi connectivity index (χ1n) is 7.80. The van der Waals surface area contributed by atoms with Crippen LogP contribution in [0.3, 0.4) is 0 Å². The summed E-state index contributed by atoms with van der Waals surface area (Å²) in [6.07, 6.45) is 5.06. The van der Waals surface area contributed by atoms with E-state index in [0.29, 0.717) is 16.7 Å². The second-order valence-corrected chi connectivity index (χ2v) is 7.22. The molecule has 1 saturated carbocycles. The summed E-state index contributed by atoms with van der Waals surface area (Å²) < 4.78 is 5.41. The predicted molar refractivity (Wildman–Crippen MR) is 91.4 cm³/mol. The lowest BCUT2D eigenvalue weighted by molar-refractivity contribution is 0.0723. The maximum Gasteiger partial charge on any atom is 0.258 e. The molecule has 1 aromatic carbocycles. The molecular weight excluding hydrogens is 296 g/mol. The number of rotatable bonds is 4. The lowest BCUT2D eigenvalue weighted by Crippen LogP contribution is -2.22. The number of nitrogens with zero attached hydrogens (tertiary/aromatic N) is 1. The average molecular weight is 318 g/mol. The SMILES string of the molecule is CO[C@H]1CC[C@@H](SCc2nc3c(C)cccc3c(=O)[nH]2)CC1. The molecule has 0 unspecified atom stereocenters.